The van der Waals surface area contributed by atoms with Crippen molar-refractivity contribution in [3.05, 3.63) is 34.9 Å². The fraction of sp³-hybridized carbons (Fsp3) is 0.611. The van der Waals surface area contributed by atoms with Crippen LogP contribution in [-0.4, -0.2) is 38.3 Å². The summed E-state index contributed by atoms with van der Waals surface area (Å²) in [6, 6.07) is 8.21. The zero-order valence-electron chi connectivity index (χ0n) is 14.4. The van der Waals surface area contributed by atoms with E-state index in [1.165, 1.54) is 18.4 Å². The molecule has 2 aliphatic rings. The molecule has 2 fully saturated rings. The smallest absolute Gasteiger partial charge is 0.191 e. The van der Waals surface area contributed by atoms with Gasteiger partial charge < -0.3 is 15.4 Å². The molecule has 1 atom stereocenters. The van der Waals surface area contributed by atoms with Gasteiger partial charge in [-0.1, -0.05) is 23.7 Å². The molecule has 1 saturated carbocycles. The molecule has 1 aliphatic heterocycles. The van der Waals surface area contributed by atoms with Crippen molar-refractivity contribution in [3.63, 3.8) is 0 Å². The zero-order chi connectivity index (χ0) is 16.3. The Hall–Kier alpha value is -0.530. The molecule has 134 valence electrons. The Balaban J connectivity index is 0.00000208. The molecular formula is C18H27ClIN3O. The topological polar surface area (TPSA) is 45.7 Å². The van der Waals surface area contributed by atoms with Crippen LogP contribution in [0.15, 0.2) is 29.3 Å². The number of benzene rings is 1. The maximum absolute atomic E-state index is 6.14. The lowest BCUT2D eigenvalue weighted by atomic mass is 9.96. The van der Waals surface area contributed by atoms with Crippen molar-refractivity contribution < 1.29 is 4.74 Å². The van der Waals surface area contributed by atoms with Crippen LogP contribution in [-0.2, 0) is 10.2 Å². The summed E-state index contributed by atoms with van der Waals surface area (Å²) in [5.74, 6) is 0.843. The first-order chi connectivity index (χ1) is 11.1. The van der Waals surface area contributed by atoms with Gasteiger partial charge in [-0.25, -0.2) is 0 Å². The summed E-state index contributed by atoms with van der Waals surface area (Å²) in [6.45, 7) is 4.69. The fourth-order valence-corrected chi connectivity index (χ4v) is 3.45. The van der Waals surface area contributed by atoms with Gasteiger partial charge in [0.25, 0.3) is 0 Å². The predicted octanol–water partition coefficient (Wildman–Crippen LogP) is 3.72. The number of aliphatic imine (C=N–C) groups is 1. The van der Waals surface area contributed by atoms with Crippen molar-refractivity contribution in [2.75, 3.05) is 26.7 Å². The first-order valence-corrected chi connectivity index (χ1v) is 8.78. The molecule has 1 unspecified atom stereocenters. The number of rotatable bonds is 5. The molecule has 0 aromatic heterocycles. The highest BCUT2D eigenvalue weighted by Crippen LogP contribution is 2.48. The lowest BCUT2D eigenvalue weighted by Gasteiger charge is -2.25. The Morgan fingerprint density at radius 3 is 2.58 bits per heavy atom. The second-order valence-corrected chi connectivity index (χ2v) is 7.41. The predicted molar refractivity (Wildman–Crippen MR) is 111 cm³/mol. The highest BCUT2D eigenvalue weighted by atomic mass is 127. The minimum Gasteiger partial charge on any atom is -0.373 e. The van der Waals surface area contributed by atoms with E-state index in [2.05, 4.69) is 34.7 Å². The van der Waals surface area contributed by atoms with E-state index < -0.39 is 0 Å². The summed E-state index contributed by atoms with van der Waals surface area (Å²) in [6.07, 6.45) is 4.63. The summed E-state index contributed by atoms with van der Waals surface area (Å²) in [5.41, 5.74) is 1.46. The molecule has 1 heterocycles. The second kappa shape index (κ2) is 8.23. The van der Waals surface area contributed by atoms with E-state index in [4.69, 9.17) is 16.3 Å². The minimum atomic E-state index is -0.0676. The summed E-state index contributed by atoms with van der Waals surface area (Å²) in [4.78, 5) is 4.33. The third-order valence-electron chi connectivity index (χ3n) is 5.04. The van der Waals surface area contributed by atoms with Gasteiger partial charge in [0.2, 0.25) is 0 Å². The largest absolute Gasteiger partial charge is 0.373 e. The molecule has 1 aromatic carbocycles. The normalized spacial score (nSPS) is 25.0. The van der Waals surface area contributed by atoms with Crippen LogP contribution in [0.4, 0.5) is 0 Å². The summed E-state index contributed by atoms with van der Waals surface area (Å²) < 4.78 is 5.82. The molecule has 6 heteroatoms. The van der Waals surface area contributed by atoms with Gasteiger partial charge in [-0.15, -0.1) is 24.0 Å². The van der Waals surface area contributed by atoms with E-state index in [1.807, 2.05) is 19.2 Å². The van der Waals surface area contributed by atoms with E-state index in [-0.39, 0.29) is 35.0 Å². The van der Waals surface area contributed by atoms with Crippen molar-refractivity contribution in [1.82, 2.24) is 10.6 Å². The van der Waals surface area contributed by atoms with Crippen LogP contribution in [0.25, 0.3) is 0 Å². The van der Waals surface area contributed by atoms with Gasteiger partial charge in [0.05, 0.1) is 5.60 Å². The standard InChI is InChI=1S/C18H26ClN3O.HI/c1-17(7-4-10-23-17)12-21-16(20-2)22-13-18(8-9-18)14-5-3-6-15(19)11-14;/h3,5-6,11H,4,7-10,12-13H2,1-2H3,(H2,20,21,22);1H. The molecule has 24 heavy (non-hydrogen) atoms. The fourth-order valence-electron chi connectivity index (χ4n) is 3.26. The third-order valence-corrected chi connectivity index (χ3v) is 5.27. The Bertz CT molecular complexity index is 583. The molecule has 1 aromatic rings. The molecule has 1 saturated heterocycles. The highest BCUT2D eigenvalue weighted by molar-refractivity contribution is 14.0. The number of halogens is 2. The molecule has 0 bridgehead atoms. The van der Waals surface area contributed by atoms with Gasteiger partial charge in [-0.05, 0) is 50.3 Å². The monoisotopic (exact) mass is 463 g/mol. The van der Waals surface area contributed by atoms with E-state index in [9.17, 15) is 0 Å². The van der Waals surface area contributed by atoms with E-state index in [0.717, 1.165) is 43.5 Å². The van der Waals surface area contributed by atoms with Crippen LogP contribution >= 0.6 is 35.6 Å². The van der Waals surface area contributed by atoms with Crippen LogP contribution in [0, 0.1) is 0 Å². The second-order valence-electron chi connectivity index (χ2n) is 6.97. The average molecular weight is 464 g/mol. The quantitative estimate of drug-likeness (QED) is 0.397. The van der Waals surface area contributed by atoms with Crippen LogP contribution in [0.2, 0.25) is 5.02 Å². The molecule has 2 N–H and O–H groups in total. The summed E-state index contributed by atoms with van der Waals surface area (Å²) in [5, 5.41) is 7.68. The third kappa shape index (κ3) is 4.76. The lowest BCUT2D eigenvalue weighted by molar-refractivity contribution is 0.0243. The molecule has 4 nitrogen and oxygen atoms in total. The Kier molecular flexibility index (Phi) is 6.79. The first-order valence-electron chi connectivity index (χ1n) is 8.40. The van der Waals surface area contributed by atoms with Crippen LogP contribution in [0.3, 0.4) is 0 Å². The SMILES string of the molecule is CN=C(NCC1(C)CCCO1)NCC1(c2cccc(Cl)c2)CC1.I. The van der Waals surface area contributed by atoms with E-state index >= 15 is 0 Å². The average Bonchev–Trinajstić information content (AvgIpc) is 3.22. The Labute approximate surface area is 166 Å². The Morgan fingerprint density at radius 1 is 1.25 bits per heavy atom. The first kappa shape index (κ1) is 19.8. The van der Waals surface area contributed by atoms with Gasteiger partial charge >= 0.3 is 0 Å². The van der Waals surface area contributed by atoms with Crippen molar-refractivity contribution >= 4 is 41.5 Å². The van der Waals surface area contributed by atoms with Crippen molar-refractivity contribution in [1.29, 1.82) is 0 Å². The lowest BCUT2D eigenvalue weighted by Crippen LogP contribution is -2.47. The maximum atomic E-state index is 6.14. The van der Waals surface area contributed by atoms with E-state index in [0.29, 0.717) is 0 Å². The summed E-state index contributed by atoms with van der Waals surface area (Å²) >= 11 is 6.14. The van der Waals surface area contributed by atoms with Crippen LogP contribution in [0.1, 0.15) is 38.2 Å². The summed E-state index contributed by atoms with van der Waals surface area (Å²) in [7, 11) is 1.81. The van der Waals surface area contributed by atoms with E-state index in [1.54, 1.807) is 0 Å². The Morgan fingerprint density at radius 2 is 2.00 bits per heavy atom. The molecule has 0 amide bonds. The number of hydrogen-bond donors (Lipinski definition) is 2. The number of ether oxygens (including phenoxy) is 1. The van der Waals surface area contributed by atoms with Gasteiger partial charge in [0.15, 0.2) is 5.96 Å². The van der Waals surface area contributed by atoms with Crippen molar-refractivity contribution in [2.45, 2.75) is 43.6 Å². The van der Waals surface area contributed by atoms with Crippen molar-refractivity contribution in [3.8, 4) is 0 Å². The molecule has 0 spiro atoms. The molecule has 0 radical (unpaired) electrons. The number of nitrogens with one attached hydrogen (secondary N) is 2. The number of guanidine groups is 1. The van der Waals surface area contributed by atoms with Crippen LogP contribution < -0.4 is 10.6 Å². The molecular weight excluding hydrogens is 437 g/mol. The number of hydrogen-bond acceptors (Lipinski definition) is 2. The van der Waals surface area contributed by atoms with Crippen molar-refractivity contribution in [2.24, 2.45) is 4.99 Å². The molecule has 3 rings (SSSR count). The highest BCUT2D eigenvalue weighted by Gasteiger charge is 2.44. The molecule has 1 aliphatic carbocycles. The van der Waals surface area contributed by atoms with Gasteiger partial charge in [0.1, 0.15) is 0 Å². The van der Waals surface area contributed by atoms with Gasteiger partial charge in [-0.3, -0.25) is 4.99 Å². The minimum absolute atomic E-state index is 0. The van der Waals surface area contributed by atoms with Gasteiger partial charge in [-0.2, -0.15) is 0 Å². The van der Waals surface area contributed by atoms with Crippen LogP contribution in [0.5, 0.6) is 0 Å². The zero-order valence-corrected chi connectivity index (χ0v) is 17.5. The number of nitrogens with zero attached hydrogens (tertiary/aromatic N) is 1. The van der Waals surface area contributed by atoms with Gasteiger partial charge in [0, 0.05) is 37.2 Å². The maximum Gasteiger partial charge on any atom is 0.191 e.